The number of benzene rings is 2. The lowest BCUT2D eigenvalue weighted by Crippen LogP contribution is -2.41. The monoisotopic (exact) mass is 420 g/mol. The second kappa shape index (κ2) is 8.71. The van der Waals surface area contributed by atoms with Gasteiger partial charge in [-0.3, -0.25) is 9.59 Å². The van der Waals surface area contributed by atoms with Crippen molar-refractivity contribution in [3.05, 3.63) is 81.9 Å². The summed E-state index contributed by atoms with van der Waals surface area (Å²) in [6.45, 7) is 5.30. The third kappa shape index (κ3) is 4.66. The van der Waals surface area contributed by atoms with E-state index >= 15 is 0 Å². The van der Waals surface area contributed by atoms with Gasteiger partial charge in [0.1, 0.15) is 11.6 Å². The van der Waals surface area contributed by atoms with E-state index in [9.17, 15) is 14.0 Å². The molecule has 6 nitrogen and oxygen atoms in total. The van der Waals surface area contributed by atoms with Crippen LogP contribution in [0, 0.1) is 25.6 Å². The zero-order valence-corrected chi connectivity index (χ0v) is 17.6. The largest absolute Gasteiger partial charge is 0.354 e. The summed E-state index contributed by atoms with van der Waals surface area (Å²) in [5.74, 6) is -0.0525. The maximum atomic E-state index is 13.6. The van der Waals surface area contributed by atoms with Gasteiger partial charge in [-0.2, -0.15) is 4.68 Å². The molecule has 0 aliphatic carbocycles. The zero-order chi connectivity index (χ0) is 22.0. The van der Waals surface area contributed by atoms with Gasteiger partial charge in [-0.05, 0) is 74.2 Å². The predicted octanol–water partition coefficient (Wildman–Crippen LogP) is 3.84. The zero-order valence-electron chi connectivity index (χ0n) is 17.6. The Balaban J connectivity index is 1.52. The van der Waals surface area contributed by atoms with E-state index in [1.165, 1.54) is 28.4 Å². The SMILES string of the molecule is Cc1ccc(NC(=O)[C@H]2CCCN(c3ccc(=O)n(-c4cccc(F)c4)n3)C2)cc1C. The van der Waals surface area contributed by atoms with Gasteiger partial charge in [0.15, 0.2) is 0 Å². The molecular formula is C24H25FN4O2. The summed E-state index contributed by atoms with van der Waals surface area (Å²) in [7, 11) is 0. The number of carbonyl (C=O) groups is 1. The highest BCUT2D eigenvalue weighted by molar-refractivity contribution is 5.93. The quantitative estimate of drug-likeness (QED) is 0.696. The Labute approximate surface area is 180 Å². The van der Waals surface area contributed by atoms with E-state index < -0.39 is 5.82 Å². The van der Waals surface area contributed by atoms with Gasteiger partial charge in [0.2, 0.25) is 5.91 Å². The molecule has 1 atom stereocenters. The van der Waals surface area contributed by atoms with Crippen LogP contribution in [-0.4, -0.2) is 28.8 Å². The maximum Gasteiger partial charge on any atom is 0.271 e. The van der Waals surface area contributed by atoms with Crippen LogP contribution in [0.5, 0.6) is 0 Å². The van der Waals surface area contributed by atoms with Crippen LogP contribution in [0.4, 0.5) is 15.9 Å². The Morgan fingerprint density at radius 3 is 2.71 bits per heavy atom. The molecule has 3 aromatic rings. The van der Waals surface area contributed by atoms with E-state index in [-0.39, 0.29) is 17.4 Å². The Hall–Kier alpha value is -3.48. The molecule has 1 aliphatic rings. The van der Waals surface area contributed by atoms with Crippen molar-refractivity contribution in [3.63, 3.8) is 0 Å². The van der Waals surface area contributed by atoms with Crippen molar-refractivity contribution >= 4 is 17.4 Å². The highest BCUT2D eigenvalue weighted by atomic mass is 19.1. The lowest BCUT2D eigenvalue weighted by Gasteiger charge is -2.33. The molecule has 0 unspecified atom stereocenters. The molecule has 1 N–H and O–H groups in total. The van der Waals surface area contributed by atoms with Crippen LogP contribution in [0.15, 0.2) is 59.4 Å². The van der Waals surface area contributed by atoms with Gasteiger partial charge < -0.3 is 10.2 Å². The minimum atomic E-state index is -0.433. The number of rotatable bonds is 4. The second-order valence-electron chi connectivity index (χ2n) is 7.99. The highest BCUT2D eigenvalue weighted by Gasteiger charge is 2.27. The van der Waals surface area contributed by atoms with Crippen molar-refractivity contribution in [2.24, 2.45) is 5.92 Å². The number of hydrogen-bond donors (Lipinski definition) is 1. The van der Waals surface area contributed by atoms with Crippen LogP contribution < -0.4 is 15.8 Å². The van der Waals surface area contributed by atoms with Crippen LogP contribution >= 0.6 is 0 Å². The molecular weight excluding hydrogens is 395 g/mol. The van der Waals surface area contributed by atoms with E-state index in [0.717, 1.165) is 30.6 Å². The lowest BCUT2D eigenvalue weighted by molar-refractivity contribution is -0.120. The normalized spacial score (nSPS) is 16.2. The number of carbonyl (C=O) groups excluding carboxylic acids is 1. The molecule has 1 amide bonds. The van der Waals surface area contributed by atoms with Gasteiger partial charge in [-0.25, -0.2) is 4.39 Å². The molecule has 0 saturated carbocycles. The molecule has 2 aromatic carbocycles. The number of nitrogens with one attached hydrogen (secondary N) is 1. The molecule has 2 heterocycles. The number of anilines is 2. The van der Waals surface area contributed by atoms with Gasteiger partial charge in [0.25, 0.3) is 5.56 Å². The molecule has 0 bridgehead atoms. The summed E-state index contributed by atoms with van der Waals surface area (Å²) in [5, 5.41) is 7.46. The Morgan fingerprint density at radius 1 is 1.10 bits per heavy atom. The summed E-state index contributed by atoms with van der Waals surface area (Å²) in [6, 6.07) is 14.7. The third-order valence-corrected chi connectivity index (χ3v) is 5.73. The molecule has 0 spiro atoms. The summed E-state index contributed by atoms with van der Waals surface area (Å²) >= 11 is 0. The first-order valence-electron chi connectivity index (χ1n) is 10.4. The van der Waals surface area contributed by atoms with E-state index in [1.807, 2.05) is 36.9 Å². The molecule has 31 heavy (non-hydrogen) atoms. The number of halogens is 1. The first-order valence-corrected chi connectivity index (χ1v) is 10.4. The topological polar surface area (TPSA) is 67.2 Å². The van der Waals surface area contributed by atoms with Gasteiger partial charge in [0.05, 0.1) is 11.6 Å². The second-order valence-corrected chi connectivity index (χ2v) is 7.99. The molecule has 4 rings (SSSR count). The Kier molecular flexibility index (Phi) is 5.84. The van der Waals surface area contributed by atoms with E-state index in [1.54, 1.807) is 18.2 Å². The molecule has 1 aliphatic heterocycles. The highest BCUT2D eigenvalue weighted by Crippen LogP contribution is 2.23. The first kappa shape index (κ1) is 20.8. The van der Waals surface area contributed by atoms with Crippen LogP contribution in [-0.2, 0) is 4.79 Å². The van der Waals surface area contributed by atoms with Crippen molar-refractivity contribution in [3.8, 4) is 5.69 Å². The van der Waals surface area contributed by atoms with Crippen molar-refractivity contribution < 1.29 is 9.18 Å². The number of piperidine rings is 1. The summed E-state index contributed by atoms with van der Waals surface area (Å²) in [5.41, 5.74) is 3.14. The predicted molar refractivity (Wildman–Crippen MR) is 119 cm³/mol. The van der Waals surface area contributed by atoms with Crippen molar-refractivity contribution in [2.45, 2.75) is 26.7 Å². The van der Waals surface area contributed by atoms with Crippen molar-refractivity contribution in [1.29, 1.82) is 0 Å². The Morgan fingerprint density at radius 2 is 1.94 bits per heavy atom. The average Bonchev–Trinajstić information content (AvgIpc) is 2.77. The van der Waals surface area contributed by atoms with Crippen molar-refractivity contribution in [1.82, 2.24) is 9.78 Å². The fourth-order valence-electron chi connectivity index (χ4n) is 3.83. The molecule has 160 valence electrons. The number of aromatic nitrogens is 2. The standard InChI is InChI=1S/C24H25FN4O2/c1-16-8-9-20(13-17(16)2)26-24(31)18-5-4-12-28(15-18)22-10-11-23(30)29(27-22)21-7-3-6-19(25)14-21/h3,6-11,13-14,18H,4-5,12,15H2,1-2H3,(H,26,31)/t18-/m0/s1. The van der Waals surface area contributed by atoms with Crippen molar-refractivity contribution in [2.75, 3.05) is 23.3 Å². The minimum Gasteiger partial charge on any atom is -0.354 e. The first-order chi connectivity index (χ1) is 14.9. The van der Waals surface area contributed by atoms with E-state index in [2.05, 4.69) is 10.4 Å². The number of amides is 1. The van der Waals surface area contributed by atoms with Crippen LogP contribution in [0.1, 0.15) is 24.0 Å². The number of nitrogens with zero attached hydrogens (tertiary/aromatic N) is 3. The maximum absolute atomic E-state index is 13.6. The summed E-state index contributed by atoms with van der Waals surface area (Å²) in [4.78, 5) is 27.2. The van der Waals surface area contributed by atoms with Gasteiger partial charge in [0, 0.05) is 24.8 Å². The summed E-state index contributed by atoms with van der Waals surface area (Å²) < 4.78 is 14.8. The average molecular weight is 420 g/mol. The number of hydrogen-bond acceptors (Lipinski definition) is 4. The fraction of sp³-hybridized carbons (Fsp3) is 0.292. The summed E-state index contributed by atoms with van der Waals surface area (Å²) in [6.07, 6.45) is 1.63. The van der Waals surface area contributed by atoms with Gasteiger partial charge >= 0.3 is 0 Å². The molecule has 1 aromatic heterocycles. The van der Waals surface area contributed by atoms with Crippen LogP contribution in [0.3, 0.4) is 0 Å². The Bertz CT molecular complexity index is 1170. The molecule has 1 saturated heterocycles. The lowest BCUT2D eigenvalue weighted by atomic mass is 9.97. The number of aryl methyl sites for hydroxylation is 2. The smallest absolute Gasteiger partial charge is 0.271 e. The molecule has 7 heteroatoms. The molecule has 0 radical (unpaired) electrons. The minimum absolute atomic E-state index is 0.0218. The fourth-order valence-corrected chi connectivity index (χ4v) is 3.83. The van der Waals surface area contributed by atoms with Crippen LogP contribution in [0.25, 0.3) is 5.69 Å². The van der Waals surface area contributed by atoms with Gasteiger partial charge in [-0.15, -0.1) is 5.10 Å². The molecule has 1 fully saturated rings. The third-order valence-electron chi connectivity index (χ3n) is 5.73. The van der Waals surface area contributed by atoms with E-state index in [4.69, 9.17) is 0 Å². The van der Waals surface area contributed by atoms with Crippen LogP contribution in [0.2, 0.25) is 0 Å². The van der Waals surface area contributed by atoms with E-state index in [0.29, 0.717) is 18.1 Å². The van der Waals surface area contributed by atoms with Gasteiger partial charge in [-0.1, -0.05) is 12.1 Å².